The van der Waals surface area contributed by atoms with Crippen molar-refractivity contribution >= 4 is 25.3 Å². The number of hydrogen-bond donors (Lipinski definition) is 3. The van der Waals surface area contributed by atoms with Crippen molar-refractivity contribution < 1.29 is 5.11 Å². The zero-order chi connectivity index (χ0) is 19.6. The van der Waals surface area contributed by atoms with Crippen LogP contribution in [0, 0.1) is 13.8 Å². The molecule has 0 radical (unpaired) electrons. The Morgan fingerprint density at radius 1 is 0.852 bits per heavy atom. The average Bonchev–Trinajstić information content (AvgIpc) is 2.61. The van der Waals surface area contributed by atoms with E-state index in [0.29, 0.717) is 6.42 Å². The van der Waals surface area contributed by atoms with E-state index in [0.717, 1.165) is 32.0 Å². The van der Waals surface area contributed by atoms with Crippen LogP contribution in [-0.4, -0.2) is 5.11 Å². The summed E-state index contributed by atoms with van der Waals surface area (Å²) in [6.07, 6.45) is 0.714. The molecule has 0 amide bonds. The Morgan fingerprint density at radius 3 is 2.04 bits per heavy atom. The van der Waals surface area contributed by atoms with Crippen LogP contribution in [-0.2, 0) is 12.0 Å². The van der Waals surface area contributed by atoms with Crippen molar-refractivity contribution in [2.45, 2.75) is 48.5 Å². The predicted octanol–water partition coefficient (Wildman–Crippen LogP) is 6.11. The maximum Gasteiger partial charge on any atom is 0.0951 e. The minimum atomic E-state index is -1.09. The average molecular weight is 395 g/mol. The lowest BCUT2D eigenvalue weighted by Gasteiger charge is -2.36. The van der Waals surface area contributed by atoms with Gasteiger partial charge in [-0.3, -0.25) is 0 Å². The van der Waals surface area contributed by atoms with E-state index in [1.165, 1.54) is 5.56 Å². The van der Waals surface area contributed by atoms with E-state index in [4.69, 9.17) is 12.6 Å². The molecule has 0 saturated carbocycles. The van der Waals surface area contributed by atoms with Gasteiger partial charge in [0.25, 0.3) is 0 Å². The molecule has 0 saturated heterocycles. The van der Waals surface area contributed by atoms with Crippen LogP contribution in [0.3, 0.4) is 0 Å². The lowest BCUT2D eigenvalue weighted by Crippen LogP contribution is -2.32. The Hall–Kier alpha value is -1.68. The maximum atomic E-state index is 11.7. The Balaban J connectivity index is 2.12. The fraction of sp³-hybridized carbons (Fsp3) is 0.250. The Morgan fingerprint density at radius 2 is 1.44 bits per heavy atom. The third-order valence-corrected chi connectivity index (χ3v) is 5.98. The van der Waals surface area contributed by atoms with Crippen LogP contribution in [0.1, 0.15) is 40.7 Å². The Kier molecular flexibility index (Phi) is 6.05. The lowest BCUT2D eigenvalue weighted by atomic mass is 9.75. The smallest absolute Gasteiger partial charge is 0.0951 e. The van der Waals surface area contributed by atoms with Crippen molar-refractivity contribution in [1.29, 1.82) is 0 Å². The summed E-state index contributed by atoms with van der Waals surface area (Å²) < 4.78 is 0. The Labute approximate surface area is 173 Å². The normalized spacial score (nSPS) is 14.6. The van der Waals surface area contributed by atoms with E-state index in [1.54, 1.807) is 0 Å². The van der Waals surface area contributed by atoms with Crippen molar-refractivity contribution in [3.63, 3.8) is 0 Å². The molecular formula is C24H26OS2. The second kappa shape index (κ2) is 8.14. The first-order valence-corrected chi connectivity index (χ1v) is 10.0. The first-order chi connectivity index (χ1) is 12.8. The highest BCUT2D eigenvalue weighted by Gasteiger charge is 2.37. The summed E-state index contributed by atoms with van der Waals surface area (Å²) in [7, 11) is 0. The number of aryl methyl sites for hydroxylation is 2. The van der Waals surface area contributed by atoms with Crippen LogP contribution in [0.5, 0.6) is 0 Å². The van der Waals surface area contributed by atoms with Crippen molar-refractivity contribution in [3.05, 3.63) is 94.5 Å². The molecule has 3 aromatic rings. The summed E-state index contributed by atoms with van der Waals surface area (Å²) >= 11 is 9.39. The molecule has 1 N–H and O–H groups in total. The molecule has 0 aromatic heterocycles. The highest BCUT2D eigenvalue weighted by atomic mass is 32.1. The molecule has 0 fully saturated rings. The fourth-order valence-corrected chi connectivity index (χ4v) is 4.61. The molecule has 0 aliphatic rings. The molecule has 27 heavy (non-hydrogen) atoms. The SMILES string of the molecule is Cc1ccc(C(Cc2ccccc2)C(C)(O)c2ccc(C)cc2S)c(S)c1. The van der Waals surface area contributed by atoms with Gasteiger partial charge >= 0.3 is 0 Å². The molecule has 3 aromatic carbocycles. The van der Waals surface area contributed by atoms with Gasteiger partial charge in [0, 0.05) is 15.7 Å². The molecule has 3 heteroatoms. The van der Waals surface area contributed by atoms with Gasteiger partial charge in [0.1, 0.15) is 0 Å². The second-order valence-corrected chi connectivity index (χ2v) is 8.44. The highest BCUT2D eigenvalue weighted by Crippen LogP contribution is 2.43. The lowest BCUT2D eigenvalue weighted by molar-refractivity contribution is 0.0229. The van der Waals surface area contributed by atoms with E-state index in [1.807, 2.05) is 50.2 Å². The Bertz CT molecular complexity index is 932. The van der Waals surface area contributed by atoms with Crippen molar-refractivity contribution in [1.82, 2.24) is 0 Å². The minimum Gasteiger partial charge on any atom is -0.385 e. The van der Waals surface area contributed by atoms with Gasteiger partial charge in [0.2, 0.25) is 0 Å². The first kappa shape index (κ1) is 20.1. The summed E-state index contributed by atoms with van der Waals surface area (Å²) in [6, 6.07) is 22.5. The molecule has 0 bridgehead atoms. The van der Waals surface area contributed by atoms with Gasteiger partial charge in [-0.2, -0.15) is 0 Å². The van der Waals surface area contributed by atoms with Crippen molar-refractivity contribution in [2.75, 3.05) is 0 Å². The summed E-state index contributed by atoms with van der Waals surface area (Å²) in [4.78, 5) is 1.72. The zero-order valence-electron chi connectivity index (χ0n) is 16.0. The highest BCUT2D eigenvalue weighted by molar-refractivity contribution is 7.80. The molecular weight excluding hydrogens is 368 g/mol. The van der Waals surface area contributed by atoms with Gasteiger partial charge in [-0.25, -0.2) is 0 Å². The number of hydrogen-bond acceptors (Lipinski definition) is 3. The van der Waals surface area contributed by atoms with E-state index in [2.05, 4.69) is 49.9 Å². The topological polar surface area (TPSA) is 20.2 Å². The van der Waals surface area contributed by atoms with E-state index < -0.39 is 5.60 Å². The summed E-state index contributed by atoms with van der Waals surface area (Å²) in [5.41, 5.74) is 4.27. The van der Waals surface area contributed by atoms with Gasteiger partial charge in [-0.15, -0.1) is 25.3 Å². The number of benzene rings is 3. The standard InChI is InChI=1S/C24H26OS2/c1-16-9-11-19(22(26)13-16)21(15-18-7-5-4-6-8-18)24(3,25)20-12-10-17(2)14-23(20)27/h4-14,21,25-27H,15H2,1-3H3. The molecule has 3 rings (SSSR count). The van der Waals surface area contributed by atoms with E-state index in [-0.39, 0.29) is 5.92 Å². The zero-order valence-corrected chi connectivity index (χ0v) is 17.8. The third-order valence-electron chi connectivity index (χ3n) is 5.22. The van der Waals surface area contributed by atoms with Crippen LogP contribution in [0.25, 0.3) is 0 Å². The van der Waals surface area contributed by atoms with Gasteiger partial charge in [-0.05, 0) is 56.0 Å². The largest absolute Gasteiger partial charge is 0.385 e. The quantitative estimate of drug-likeness (QED) is 0.446. The second-order valence-electron chi connectivity index (χ2n) is 7.47. The van der Waals surface area contributed by atoms with Crippen LogP contribution in [0.2, 0.25) is 0 Å². The molecule has 0 spiro atoms. The summed E-state index contributed by atoms with van der Waals surface area (Å²) in [5, 5.41) is 11.7. The van der Waals surface area contributed by atoms with E-state index >= 15 is 0 Å². The summed E-state index contributed by atoms with van der Waals surface area (Å²) in [5.74, 6) is -0.151. The first-order valence-electron chi connectivity index (χ1n) is 9.15. The fourth-order valence-electron chi connectivity index (χ4n) is 3.67. The third kappa shape index (κ3) is 4.43. The minimum absolute atomic E-state index is 0.151. The molecule has 0 aliphatic carbocycles. The van der Waals surface area contributed by atoms with Crippen LogP contribution < -0.4 is 0 Å². The predicted molar refractivity (Wildman–Crippen MR) is 119 cm³/mol. The summed E-state index contributed by atoms with van der Waals surface area (Å²) in [6.45, 7) is 5.98. The van der Waals surface area contributed by atoms with Crippen molar-refractivity contribution in [2.24, 2.45) is 0 Å². The van der Waals surface area contributed by atoms with Crippen molar-refractivity contribution in [3.8, 4) is 0 Å². The van der Waals surface area contributed by atoms with Crippen LogP contribution >= 0.6 is 25.3 Å². The van der Waals surface area contributed by atoms with Crippen LogP contribution in [0.4, 0.5) is 0 Å². The molecule has 140 valence electrons. The maximum absolute atomic E-state index is 11.7. The molecule has 0 heterocycles. The molecule has 0 aliphatic heterocycles. The van der Waals surface area contributed by atoms with Gasteiger partial charge in [-0.1, -0.05) is 65.7 Å². The van der Waals surface area contributed by atoms with Gasteiger partial charge in [0.05, 0.1) is 5.60 Å². The van der Waals surface area contributed by atoms with Gasteiger partial charge < -0.3 is 5.11 Å². The van der Waals surface area contributed by atoms with E-state index in [9.17, 15) is 5.11 Å². The molecule has 2 unspecified atom stereocenters. The number of rotatable bonds is 5. The number of aliphatic hydroxyl groups is 1. The van der Waals surface area contributed by atoms with Gasteiger partial charge in [0.15, 0.2) is 0 Å². The molecule has 1 nitrogen and oxygen atoms in total. The number of thiol groups is 2. The molecule has 2 atom stereocenters. The van der Waals surface area contributed by atoms with Crippen LogP contribution in [0.15, 0.2) is 76.5 Å². The monoisotopic (exact) mass is 394 g/mol.